The first-order valence-corrected chi connectivity index (χ1v) is 56.7. The molecule has 0 N–H and O–H groups in total. The van der Waals surface area contributed by atoms with E-state index in [1.54, 1.807) is 29.3 Å². The van der Waals surface area contributed by atoms with Gasteiger partial charge in [-0.05, 0) is 131 Å². The van der Waals surface area contributed by atoms with Crippen molar-refractivity contribution in [1.29, 1.82) is 0 Å². The topological polar surface area (TPSA) is 103 Å². The van der Waals surface area contributed by atoms with Crippen LogP contribution in [0.2, 0.25) is 78.6 Å². The first kappa shape index (κ1) is 82.3. The molecule has 0 atom stereocenters. The standard InChI is InChI=1S/C20H26NSi.2C17H22NSi.C16H20NSi.4C11H8N.4Ir/c1-22(2,3)20-15-21-19(17-11-5-4-6-12-17)14-18(20)13-16-9-7-8-10-16;1-13(2)15-11-16(14-9-7-6-8-10-14)18-12-17(15)19(3,4)5;1-5-9-15-12-16(14-10-7-6-8-11-14)18-13-17(15)19(2,3)4;1-5-13-11-15(14-9-7-6-8-10-14)17-12-16(13)18(2,3)4;4*1-2-6-10(7-3-1)11-8-4-5-9-12-11;;;;/h4-6,11,14-16H,7-10,13H2,1-3H3;6-9,11-13H,1-5H3;6-8,10,12-13H,5,9H2,1-4H3;6-9,11-12H,5H2,1-4H3;4*1-6,8-9H;;;;/q8*-1;;;;/i;6D,7D,8D,9D;6D,7D,8D,10D;6D,7D,8D,9D;1D,2D,3D,4D,5D,8D,9D;;;;;;;. The molecule has 16 heteroatoms. The fraction of sp³-hybridized carbons (Fsp3) is 0.228. The van der Waals surface area contributed by atoms with Crippen LogP contribution < -0.4 is 20.7 Å². The molecule has 8 aromatic carbocycles. The normalized spacial score (nSPS) is 13.4. The third-order valence-corrected chi connectivity index (χ3v) is 28.3. The van der Waals surface area contributed by atoms with Crippen LogP contribution in [0.3, 0.4) is 0 Å². The molecule has 0 amide bonds. The van der Waals surface area contributed by atoms with Gasteiger partial charge in [0.05, 0.1) is 37.8 Å². The third-order valence-electron chi connectivity index (χ3n) is 20.1. The smallest absolute Gasteiger partial charge is 0.0830 e. The van der Waals surface area contributed by atoms with E-state index in [0.717, 1.165) is 70.2 Å². The quantitative estimate of drug-likeness (QED) is 0.0618. The van der Waals surface area contributed by atoms with Crippen LogP contribution in [0.1, 0.15) is 114 Å². The van der Waals surface area contributed by atoms with Crippen LogP contribution in [-0.2, 0) is 99.7 Å². The van der Waals surface area contributed by atoms with Crippen molar-refractivity contribution in [3.8, 4) is 90.1 Å². The zero-order chi connectivity index (χ0) is 106. The van der Waals surface area contributed by atoms with Gasteiger partial charge in [-0.15, -0.1) is 287 Å². The Hall–Kier alpha value is -9.58. The third kappa shape index (κ3) is 35.5. The van der Waals surface area contributed by atoms with Crippen LogP contribution in [0.5, 0.6) is 0 Å². The second-order valence-corrected chi connectivity index (χ2v) is 54.4. The first-order valence-electron chi connectivity index (χ1n) is 52.2. The molecule has 17 rings (SSSR count). The van der Waals surface area contributed by atoms with E-state index >= 15 is 0 Å². The summed E-state index contributed by atoms with van der Waals surface area (Å²) in [4.78, 5) is 34.6. The SMILES string of the molecule is C[Si](C)(C)c1cnc(-c2[c-]cccc2)cc1CC1CCCC1.[2H]c1[c-]c(-c2cc(C(C)C)c([Si](C)(C)C)cn2)c([2H])c([2H])c1[2H].[2H]c1[c-]c(-c2cc(CC)c([Si](C)(C)C)cn2)c([2H])c([2H])c1[2H].[2H]c1[c-]c(-c2cc(CCC)c([Si](C)(C)C)cn2)c([2H])c([2H])c1[2H].[2H]c1[c-]c(-c2nc([2H])c([2H])c([2H])c2[2H])cc([2H])c1[2H].[Ir].[Ir].[Ir].[Ir].[c-]1ccccc1-c1ccccn1.[c-]1ccccc1-c1ccccn1.[c-]1ccccc1-c1ccccn1. The van der Waals surface area contributed by atoms with Gasteiger partial charge in [0.25, 0.3) is 0 Å². The van der Waals surface area contributed by atoms with Gasteiger partial charge in [0.1, 0.15) is 0 Å². The molecular formula is C114H122Ir4N8Si4-8. The molecule has 1 fully saturated rings. The summed E-state index contributed by atoms with van der Waals surface area (Å²) in [5.41, 5.74) is 16.1. The summed E-state index contributed by atoms with van der Waals surface area (Å²) in [5.74, 6) is 1.21. The Morgan fingerprint density at radius 2 is 0.662 bits per heavy atom. The molecule has 0 saturated heterocycles. The van der Waals surface area contributed by atoms with Crippen LogP contribution in [0.4, 0.5) is 0 Å². The molecule has 8 aromatic heterocycles. The second-order valence-electron chi connectivity index (χ2n) is 34.2. The number of hydrogen-bond donors (Lipinski definition) is 0. The average Bonchev–Trinajstić information content (AvgIpc) is 1.73. The Labute approximate surface area is 863 Å². The summed E-state index contributed by atoms with van der Waals surface area (Å²) >= 11 is 0. The second kappa shape index (κ2) is 56.3. The maximum atomic E-state index is 8.07. The largest absolute Gasteiger partial charge is 0.305 e. The predicted molar refractivity (Wildman–Crippen MR) is 543 cm³/mol. The molecule has 1 aliphatic carbocycles. The summed E-state index contributed by atoms with van der Waals surface area (Å²) in [5, 5.41) is 5.43. The Bertz CT molecular complexity index is 6740. The number of pyridine rings is 8. The molecule has 1 saturated carbocycles. The van der Waals surface area contributed by atoms with E-state index in [2.05, 4.69) is 214 Å². The minimum atomic E-state index is -1.53. The van der Waals surface area contributed by atoms with Gasteiger partial charge in [-0.2, -0.15) is 0 Å². The molecule has 16 aromatic rings. The number of nitrogens with zero attached hydrogens (tertiary/aromatic N) is 8. The van der Waals surface area contributed by atoms with E-state index in [1.807, 2.05) is 176 Å². The average molecular weight is 2500 g/mol. The molecular weight excluding hydrogens is 2360 g/mol. The van der Waals surface area contributed by atoms with E-state index in [4.69, 9.17) is 31.0 Å². The number of aryl methyl sites for hydroxylation is 2. The van der Waals surface area contributed by atoms with Crippen molar-refractivity contribution in [2.24, 2.45) is 5.92 Å². The van der Waals surface area contributed by atoms with Crippen LogP contribution in [-0.4, -0.2) is 72.2 Å². The Morgan fingerprint density at radius 3 is 1.03 bits per heavy atom. The van der Waals surface area contributed by atoms with Crippen molar-refractivity contribution in [2.45, 2.75) is 164 Å². The van der Waals surface area contributed by atoms with E-state index in [-0.39, 0.29) is 188 Å². The monoisotopic (exact) mass is 2510 g/mol. The van der Waals surface area contributed by atoms with Gasteiger partial charge >= 0.3 is 0 Å². The Balaban J connectivity index is 0.000000262. The Kier molecular flexibility index (Phi) is 35.7. The fourth-order valence-electron chi connectivity index (χ4n) is 13.8. The van der Waals surface area contributed by atoms with Crippen molar-refractivity contribution in [2.75, 3.05) is 0 Å². The summed E-state index contributed by atoms with van der Waals surface area (Å²) in [6, 6.07) is 77.8. The van der Waals surface area contributed by atoms with E-state index in [9.17, 15) is 0 Å². The zero-order valence-electron chi connectivity index (χ0n) is 95.6. The molecule has 130 heavy (non-hydrogen) atoms. The first-order chi connectivity index (χ1) is 68.6. The fourth-order valence-corrected chi connectivity index (χ4v) is 20.3. The zero-order valence-corrected chi connectivity index (χ0v) is 90.2. The molecule has 0 aliphatic heterocycles. The molecule has 4 radical (unpaired) electrons. The van der Waals surface area contributed by atoms with Gasteiger partial charge < -0.3 is 39.9 Å². The van der Waals surface area contributed by atoms with Crippen LogP contribution in [0.15, 0.2) is 340 Å². The van der Waals surface area contributed by atoms with E-state index in [0.29, 0.717) is 39.7 Å². The Morgan fingerprint density at radius 1 is 0.323 bits per heavy atom. The number of rotatable bonds is 18. The summed E-state index contributed by atoms with van der Waals surface area (Å²) in [6.07, 6.45) is 22.4. The summed E-state index contributed by atoms with van der Waals surface area (Å²) in [7, 11) is -5.88. The van der Waals surface area contributed by atoms with Gasteiger partial charge in [0, 0.05) is 141 Å². The van der Waals surface area contributed by atoms with E-state index in [1.165, 1.54) is 70.4 Å². The van der Waals surface area contributed by atoms with Crippen molar-refractivity contribution in [1.82, 2.24) is 39.9 Å². The predicted octanol–water partition coefficient (Wildman–Crippen LogP) is 26.9. The molecule has 1 aliphatic rings. The van der Waals surface area contributed by atoms with Gasteiger partial charge in [0.2, 0.25) is 0 Å². The van der Waals surface area contributed by atoms with Crippen LogP contribution in [0.25, 0.3) is 90.1 Å². The minimum absolute atomic E-state index is 0. The van der Waals surface area contributed by atoms with Crippen LogP contribution >= 0.6 is 0 Å². The van der Waals surface area contributed by atoms with Crippen molar-refractivity contribution in [3.63, 3.8) is 0 Å². The maximum Gasteiger partial charge on any atom is 0.0830 e. The van der Waals surface area contributed by atoms with Gasteiger partial charge in [-0.25, -0.2) is 0 Å². The van der Waals surface area contributed by atoms with Crippen molar-refractivity contribution >= 4 is 53.0 Å². The van der Waals surface area contributed by atoms with Gasteiger partial charge in [-0.3, -0.25) is 0 Å². The molecule has 678 valence electrons. The number of hydrogen-bond acceptors (Lipinski definition) is 8. The van der Waals surface area contributed by atoms with Gasteiger partial charge in [0.15, 0.2) is 0 Å². The van der Waals surface area contributed by atoms with Crippen LogP contribution in [0, 0.1) is 54.4 Å². The van der Waals surface area contributed by atoms with Gasteiger partial charge in [-0.1, -0.05) is 233 Å². The summed E-state index contributed by atoms with van der Waals surface area (Å²) < 4.78 is 146. The van der Waals surface area contributed by atoms with Crippen molar-refractivity contribution < 1.29 is 106 Å². The molecule has 8 nitrogen and oxygen atoms in total. The maximum absolute atomic E-state index is 8.07. The molecule has 0 bridgehead atoms. The minimum Gasteiger partial charge on any atom is -0.305 e. The number of benzene rings is 8. The molecule has 0 spiro atoms. The molecule has 8 heterocycles. The molecule has 0 unspecified atom stereocenters. The summed E-state index contributed by atoms with van der Waals surface area (Å²) in [6.45, 7) is 36.2. The van der Waals surface area contributed by atoms with E-state index < -0.39 is 50.6 Å². The number of aromatic nitrogens is 8. The van der Waals surface area contributed by atoms with Crippen molar-refractivity contribution in [3.05, 3.63) is 411 Å².